The van der Waals surface area contributed by atoms with Crippen LogP contribution >= 0.6 is 0 Å². The number of anilines is 8. The molecule has 0 saturated heterocycles. The van der Waals surface area contributed by atoms with Crippen LogP contribution in [0.15, 0.2) is 318 Å². The zero-order chi connectivity index (χ0) is 105. The fraction of sp³-hybridized carbons (Fsp3) is 0.303. The highest BCUT2D eigenvalue weighted by Crippen LogP contribution is 2.26. The largest absolute Gasteiger partial charge is 0.378 e. The van der Waals surface area contributed by atoms with Crippen molar-refractivity contribution in [2.75, 3.05) is 148 Å². The number of carbonyl (C=O) groups excluding carboxylic acids is 4. The van der Waals surface area contributed by atoms with Crippen LogP contribution in [0.1, 0.15) is 266 Å². The fourth-order valence-electron chi connectivity index (χ4n) is 14.6. The molecule has 760 valence electrons. The van der Waals surface area contributed by atoms with Crippen LogP contribution in [0, 0.1) is 0 Å². The first-order valence-electron chi connectivity index (χ1n) is 51.9. The average Bonchev–Trinajstić information content (AvgIpc) is 0.927. The highest BCUT2D eigenvalue weighted by atomic mass is 16.1. The normalized spacial score (nSPS) is 10.4. The van der Waals surface area contributed by atoms with Crippen molar-refractivity contribution in [3.05, 3.63) is 407 Å². The first-order valence-corrected chi connectivity index (χ1v) is 51.9. The Morgan fingerprint density at radius 1 is 0.160 bits per heavy atom. The van der Waals surface area contributed by atoms with Crippen LogP contribution in [0.4, 0.5) is 45.5 Å². The Balaban J connectivity index is 0.000000294. The number of benzene rings is 12. The number of nitrogens with zero attached hydrogens (tertiary/aromatic N) is 8. The Bertz CT molecular complexity index is 5220. The molecule has 12 nitrogen and oxygen atoms in total. The Kier molecular flexibility index (Phi) is 60.8. The zero-order valence-corrected chi connectivity index (χ0v) is 90.0. The van der Waals surface area contributed by atoms with E-state index >= 15 is 0 Å². The Labute approximate surface area is 869 Å². The van der Waals surface area contributed by atoms with E-state index in [1.54, 1.807) is 0 Å². The van der Waals surface area contributed by atoms with Gasteiger partial charge in [-0.05, 0) is 239 Å². The number of rotatable bonds is 48. The second kappa shape index (κ2) is 72.8. The molecule has 0 bridgehead atoms. The second-order valence-corrected chi connectivity index (χ2v) is 36.4. The molecule has 0 amide bonds. The lowest BCUT2D eigenvalue weighted by Gasteiger charge is -2.24. The standard InChI is InChI=1S/C24H31N.C23H29NO.C18H19N.C17H17NO.C16H25N.C15H23NO.C10H13N.C9H11NO/c1-4-7-19-25(20-8-5-2)24-17-15-23(16-18-24)14-13-22-11-9-21(6-3)10-12-22;1-3-5-17-24(18-6-4-2)23-15-13-21(14-16-23)8-7-20-9-11-22(19-25)12-10-20;1-4-15-5-7-16(8-6-15)9-10-17-11-13-18(14-12-17)19(2)3;1-18(2)17-11-9-15(10-12-17)4-3-14-5-7-16(13-19)8-6-14;1-4-7-13-17(14-8-5-2)16-11-9-15(6-3)10-12-16;1-3-5-11-16(12-6-4-2)15-9-7-14(13-17)8-10-15;1-4-9-5-7-10(8-6-9)11(2)3;1-10(2)9-5-3-8(7-11)4-6-9/h6,9-18H,3-5,7-8,19-20H2,1-2H3;7-16,19H,3-6,17-18H2,1-2H3;4-14H,1H2,2-3H3;3-13H,1-2H3;6,9-12H,3-5,7-8,13-14H2,1-2H3;7-10,13H,3-6,11-12H2,1-2H3;4-8H,1H2,2-3H3;3-7H,1-2H3/b14-13+;8-7+;10-9+;4-3+;;;;. The molecule has 0 radical (unpaired) electrons. The summed E-state index contributed by atoms with van der Waals surface area (Å²) in [6.07, 6.45) is 47.7. The van der Waals surface area contributed by atoms with Gasteiger partial charge in [0.15, 0.2) is 0 Å². The predicted octanol–water partition coefficient (Wildman–Crippen LogP) is 33.9. The molecule has 0 aromatic heterocycles. The SMILES string of the molecule is C=Cc1ccc(/C=C/c2ccc(N(C)C)cc2)cc1.C=Cc1ccc(/C=C/c2ccc(N(CCCC)CCCC)cc2)cc1.C=Cc1ccc(N(C)C)cc1.C=Cc1ccc(N(CCCC)CCCC)cc1.CCCCN(CCCC)c1ccc(/C=C/c2ccc(C=O)cc2)cc1.CCCCN(CCCC)c1ccc(C=O)cc1.CN(C)c1ccc(/C=C/c2ccc(C=O)cc2)cc1.CN(C)c1ccc(C=O)cc1. The van der Waals surface area contributed by atoms with Crippen LogP contribution in [0.3, 0.4) is 0 Å². The van der Waals surface area contributed by atoms with Crippen molar-refractivity contribution in [2.45, 2.75) is 158 Å². The quantitative estimate of drug-likeness (QED) is 0.0268. The maximum absolute atomic E-state index is 10.7. The summed E-state index contributed by atoms with van der Waals surface area (Å²) < 4.78 is 0. The van der Waals surface area contributed by atoms with Crippen LogP contribution in [0.2, 0.25) is 0 Å². The van der Waals surface area contributed by atoms with Crippen molar-refractivity contribution >= 4 is 144 Å². The maximum atomic E-state index is 10.7. The number of hydrogen-bond acceptors (Lipinski definition) is 12. The van der Waals surface area contributed by atoms with Crippen molar-refractivity contribution < 1.29 is 19.2 Å². The first kappa shape index (κ1) is 120. The van der Waals surface area contributed by atoms with E-state index in [4.69, 9.17) is 0 Å². The molecule has 0 aliphatic carbocycles. The molecule has 12 aromatic carbocycles. The van der Waals surface area contributed by atoms with Gasteiger partial charge >= 0.3 is 0 Å². The minimum atomic E-state index is 0.701. The van der Waals surface area contributed by atoms with Crippen LogP contribution in [0.25, 0.3) is 72.9 Å². The molecule has 0 atom stereocenters. The van der Waals surface area contributed by atoms with E-state index < -0.39 is 0 Å². The molecule has 0 N–H and O–H groups in total. The minimum absolute atomic E-state index is 0.701. The molecule has 12 heteroatoms. The van der Waals surface area contributed by atoms with Gasteiger partial charge in [0.2, 0.25) is 0 Å². The molecule has 0 aliphatic heterocycles. The Hall–Kier alpha value is -14.4. The van der Waals surface area contributed by atoms with Gasteiger partial charge in [-0.1, -0.05) is 376 Å². The van der Waals surface area contributed by atoms with Crippen LogP contribution < -0.4 is 39.2 Å². The fourth-order valence-corrected chi connectivity index (χ4v) is 14.6. The average molecular weight is 1930 g/mol. The molecule has 0 saturated carbocycles. The summed E-state index contributed by atoms with van der Waals surface area (Å²) in [5.74, 6) is 0. The highest BCUT2D eigenvalue weighted by Gasteiger charge is 2.11. The van der Waals surface area contributed by atoms with Crippen molar-refractivity contribution in [3.8, 4) is 0 Å². The van der Waals surface area contributed by atoms with Crippen molar-refractivity contribution in [2.24, 2.45) is 0 Å². The zero-order valence-electron chi connectivity index (χ0n) is 90.0. The highest BCUT2D eigenvalue weighted by molar-refractivity contribution is 5.80. The van der Waals surface area contributed by atoms with E-state index in [0.29, 0.717) is 11.1 Å². The molecule has 0 unspecified atom stereocenters. The summed E-state index contributed by atoms with van der Waals surface area (Å²) >= 11 is 0. The number of carbonyl (C=O) groups is 4. The number of hydrogen-bond donors (Lipinski definition) is 0. The summed E-state index contributed by atoms with van der Waals surface area (Å²) in [6.45, 7) is 42.1. The topological polar surface area (TPSA) is 94.2 Å². The van der Waals surface area contributed by atoms with E-state index in [1.165, 1.54) is 189 Å². The van der Waals surface area contributed by atoms with Crippen molar-refractivity contribution in [1.82, 2.24) is 0 Å². The lowest BCUT2D eigenvalue weighted by molar-refractivity contribution is 0.111. The van der Waals surface area contributed by atoms with E-state index in [2.05, 4.69) is 365 Å². The smallest absolute Gasteiger partial charge is 0.150 e. The van der Waals surface area contributed by atoms with Gasteiger partial charge in [0.05, 0.1) is 0 Å². The van der Waals surface area contributed by atoms with Crippen molar-refractivity contribution in [3.63, 3.8) is 0 Å². The van der Waals surface area contributed by atoms with Gasteiger partial charge in [0.1, 0.15) is 25.1 Å². The Morgan fingerprint density at radius 2 is 0.264 bits per heavy atom. The molecular weight excluding hydrogens is 1760 g/mol. The summed E-state index contributed by atoms with van der Waals surface area (Å²) in [5, 5.41) is 0. The van der Waals surface area contributed by atoms with Crippen LogP contribution in [-0.2, 0) is 0 Å². The maximum Gasteiger partial charge on any atom is 0.150 e. The van der Waals surface area contributed by atoms with Gasteiger partial charge < -0.3 is 39.2 Å². The third-order valence-corrected chi connectivity index (χ3v) is 24.0. The van der Waals surface area contributed by atoms with Crippen molar-refractivity contribution in [1.29, 1.82) is 0 Å². The summed E-state index contributed by atoms with van der Waals surface area (Å²) in [6, 6.07) is 98.9. The predicted molar refractivity (Wildman–Crippen MR) is 640 cm³/mol. The second-order valence-electron chi connectivity index (χ2n) is 36.4. The van der Waals surface area contributed by atoms with Gasteiger partial charge in [0, 0.05) is 176 Å². The summed E-state index contributed by atoms with van der Waals surface area (Å²) in [7, 11) is 16.1. The first-order chi connectivity index (χ1) is 70.0. The van der Waals surface area contributed by atoms with Gasteiger partial charge in [-0.3, -0.25) is 19.2 Å². The van der Waals surface area contributed by atoms with E-state index in [-0.39, 0.29) is 0 Å². The molecule has 12 rings (SSSR count). The van der Waals surface area contributed by atoms with E-state index in [9.17, 15) is 19.2 Å². The van der Waals surface area contributed by atoms with E-state index in [0.717, 1.165) is 115 Å². The molecule has 0 spiro atoms. The number of unbranched alkanes of at least 4 members (excludes halogenated alkanes) is 8. The molecule has 144 heavy (non-hydrogen) atoms. The lowest BCUT2D eigenvalue weighted by Crippen LogP contribution is -2.25. The molecule has 0 heterocycles. The molecule has 12 aromatic rings. The third-order valence-electron chi connectivity index (χ3n) is 24.0. The monoisotopic (exact) mass is 1930 g/mol. The van der Waals surface area contributed by atoms with Gasteiger partial charge in [-0.2, -0.15) is 0 Å². The molecule has 0 aliphatic rings. The van der Waals surface area contributed by atoms with Crippen LogP contribution in [-0.4, -0.2) is 134 Å². The Morgan fingerprint density at radius 3 is 0.382 bits per heavy atom. The summed E-state index contributed by atoms with van der Waals surface area (Å²) in [5.41, 5.74) is 26.9. The van der Waals surface area contributed by atoms with Gasteiger partial charge in [-0.15, -0.1) is 0 Å². The minimum Gasteiger partial charge on any atom is -0.378 e. The molecular formula is C132H168N8O4. The van der Waals surface area contributed by atoms with E-state index in [1.807, 2.05) is 177 Å². The van der Waals surface area contributed by atoms with Gasteiger partial charge in [0.25, 0.3) is 0 Å². The van der Waals surface area contributed by atoms with Crippen LogP contribution in [0.5, 0.6) is 0 Å². The molecule has 0 fully saturated rings. The number of aldehydes is 4. The van der Waals surface area contributed by atoms with Gasteiger partial charge in [-0.25, -0.2) is 0 Å². The lowest BCUT2D eigenvalue weighted by atomic mass is 10.1. The summed E-state index contributed by atoms with van der Waals surface area (Å²) in [4.78, 5) is 60.3. The third kappa shape index (κ3) is 48.4.